The van der Waals surface area contributed by atoms with Crippen molar-refractivity contribution in [3.63, 3.8) is 0 Å². The molecule has 5 heteroatoms. The Kier molecular flexibility index (Phi) is 4.74. The molecular weight excluding hydrogens is 360 g/mol. The molecule has 0 saturated heterocycles. The highest BCUT2D eigenvalue weighted by molar-refractivity contribution is 9.10. The van der Waals surface area contributed by atoms with Gasteiger partial charge in [-0.05, 0) is 54.5 Å². The normalized spacial score (nSPS) is 17.5. The third-order valence-electron chi connectivity index (χ3n) is 3.80. The standard InChI is InChI=1S/C17H17BrN2OS/c1-11-2-7-15-13(8-11)9-16(22-15)17(21)20-19-10-12-3-5-14(18)6-4-12/h3-6,9-11H,2,7-8H2,1H3,(H,20,21)/b19-10-/t11-/m1/s1. The summed E-state index contributed by atoms with van der Waals surface area (Å²) in [6.07, 6.45) is 5.05. The molecule has 0 spiro atoms. The highest BCUT2D eigenvalue weighted by atomic mass is 79.9. The van der Waals surface area contributed by atoms with E-state index in [0.717, 1.165) is 27.8 Å². The van der Waals surface area contributed by atoms with Crippen LogP contribution < -0.4 is 5.43 Å². The molecule has 3 nitrogen and oxygen atoms in total. The van der Waals surface area contributed by atoms with Gasteiger partial charge in [-0.15, -0.1) is 11.3 Å². The molecule has 1 N–H and O–H groups in total. The lowest BCUT2D eigenvalue weighted by Crippen LogP contribution is -2.16. The van der Waals surface area contributed by atoms with Crippen molar-refractivity contribution < 1.29 is 4.79 Å². The maximum absolute atomic E-state index is 12.2. The van der Waals surface area contributed by atoms with Gasteiger partial charge in [0.25, 0.3) is 5.91 Å². The number of aryl methyl sites for hydroxylation is 1. The van der Waals surface area contributed by atoms with Gasteiger partial charge in [-0.1, -0.05) is 35.0 Å². The Morgan fingerprint density at radius 3 is 2.95 bits per heavy atom. The molecule has 0 fully saturated rings. The molecule has 1 aromatic carbocycles. The molecule has 3 rings (SSSR count). The number of nitrogens with one attached hydrogen (secondary N) is 1. The first-order chi connectivity index (χ1) is 10.6. The van der Waals surface area contributed by atoms with E-state index >= 15 is 0 Å². The van der Waals surface area contributed by atoms with Crippen molar-refractivity contribution in [1.82, 2.24) is 5.43 Å². The predicted octanol–water partition coefficient (Wildman–Crippen LogP) is 4.40. The minimum Gasteiger partial charge on any atom is -0.266 e. The fourth-order valence-corrected chi connectivity index (χ4v) is 3.95. The van der Waals surface area contributed by atoms with Gasteiger partial charge in [-0.25, -0.2) is 5.43 Å². The van der Waals surface area contributed by atoms with E-state index in [1.807, 2.05) is 30.3 Å². The van der Waals surface area contributed by atoms with Crippen LogP contribution in [0.5, 0.6) is 0 Å². The minimum absolute atomic E-state index is 0.125. The van der Waals surface area contributed by atoms with Crippen LogP contribution in [0.25, 0.3) is 0 Å². The fraction of sp³-hybridized carbons (Fsp3) is 0.294. The number of benzene rings is 1. The zero-order valence-corrected chi connectivity index (χ0v) is 14.7. The molecule has 0 saturated carbocycles. The predicted molar refractivity (Wildman–Crippen MR) is 94.7 cm³/mol. The number of carbonyl (C=O) groups excluding carboxylic acids is 1. The molecular formula is C17H17BrN2OS. The maximum Gasteiger partial charge on any atom is 0.281 e. The second-order valence-electron chi connectivity index (χ2n) is 5.66. The summed E-state index contributed by atoms with van der Waals surface area (Å²) in [5.41, 5.74) is 4.90. The van der Waals surface area contributed by atoms with Gasteiger partial charge in [0.05, 0.1) is 11.1 Å². The number of thiophene rings is 1. The third-order valence-corrected chi connectivity index (χ3v) is 5.57. The lowest BCUT2D eigenvalue weighted by Gasteiger charge is -2.16. The van der Waals surface area contributed by atoms with Gasteiger partial charge < -0.3 is 0 Å². The minimum atomic E-state index is -0.125. The summed E-state index contributed by atoms with van der Waals surface area (Å²) in [5.74, 6) is 0.592. The largest absolute Gasteiger partial charge is 0.281 e. The van der Waals surface area contributed by atoms with Gasteiger partial charge in [-0.3, -0.25) is 4.79 Å². The van der Waals surface area contributed by atoms with Crippen LogP contribution in [-0.2, 0) is 12.8 Å². The van der Waals surface area contributed by atoms with Crippen molar-refractivity contribution in [3.05, 3.63) is 55.7 Å². The van der Waals surface area contributed by atoms with E-state index in [9.17, 15) is 4.79 Å². The average Bonchev–Trinajstić information content (AvgIpc) is 2.92. The molecule has 1 amide bonds. The van der Waals surface area contributed by atoms with Crippen LogP contribution in [-0.4, -0.2) is 12.1 Å². The summed E-state index contributed by atoms with van der Waals surface area (Å²) in [5, 5.41) is 4.04. The Hall–Kier alpha value is -1.46. The second-order valence-corrected chi connectivity index (χ2v) is 7.71. The number of carbonyl (C=O) groups is 1. The maximum atomic E-state index is 12.2. The summed E-state index contributed by atoms with van der Waals surface area (Å²) in [6.45, 7) is 2.27. The van der Waals surface area contributed by atoms with Crippen LogP contribution in [0.3, 0.4) is 0 Å². The summed E-state index contributed by atoms with van der Waals surface area (Å²) in [7, 11) is 0. The van der Waals surface area contributed by atoms with E-state index in [1.165, 1.54) is 16.9 Å². The number of hydrazone groups is 1. The molecule has 0 radical (unpaired) electrons. The monoisotopic (exact) mass is 376 g/mol. The van der Waals surface area contributed by atoms with Crippen molar-refractivity contribution >= 4 is 39.4 Å². The van der Waals surface area contributed by atoms with Crippen molar-refractivity contribution in [2.75, 3.05) is 0 Å². The van der Waals surface area contributed by atoms with E-state index in [-0.39, 0.29) is 5.91 Å². The van der Waals surface area contributed by atoms with Gasteiger partial charge >= 0.3 is 0 Å². The number of fused-ring (bicyclic) bond motifs is 1. The van der Waals surface area contributed by atoms with E-state index in [0.29, 0.717) is 5.92 Å². The highest BCUT2D eigenvalue weighted by Gasteiger charge is 2.20. The van der Waals surface area contributed by atoms with Crippen LogP contribution in [0.15, 0.2) is 39.9 Å². The Balaban J connectivity index is 1.64. The van der Waals surface area contributed by atoms with Crippen LogP contribution in [0.4, 0.5) is 0 Å². The molecule has 1 atom stereocenters. The summed E-state index contributed by atoms with van der Waals surface area (Å²) in [4.78, 5) is 14.3. The van der Waals surface area contributed by atoms with Crippen molar-refractivity contribution in [2.45, 2.75) is 26.2 Å². The molecule has 0 bridgehead atoms. The van der Waals surface area contributed by atoms with E-state index in [4.69, 9.17) is 0 Å². The Morgan fingerprint density at radius 2 is 2.18 bits per heavy atom. The molecule has 1 heterocycles. The Labute approximate surface area is 142 Å². The number of nitrogens with zero attached hydrogens (tertiary/aromatic N) is 1. The molecule has 0 unspecified atom stereocenters. The van der Waals surface area contributed by atoms with E-state index in [2.05, 4.69) is 33.4 Å². The molecule has 1 aliphatic carbocycles. The van der Waals surface area contributed by atoms with Crippen LogP contribution in [0.1, 0.15) is 39.0 Å². The Bertz CT molecular complexity index is 706. The number of hydrogen-bond acceptors (Lipinski definition) is 3. The molecule has 1 aromatic heterocycles. The van der Waals surface area contributed by atoms with Crippen molar-refractivity contribution in [3.8, 4) is 0 Å². The third kappa shape index (κ3) is 3.65. The first-order valence-corrected chi connectivity index (χ1v) is 8.93. The number of halogens is 1. The SMILES string of the molecule is C[C@@H]1CCc2sc(C(=O)N/N=C\c3ccc(Br)cc3)cc2C1. The Morgan fingerprint density at radius 1 is 1.41 bits per heavy atom. The van der Waals surface area contributed by atoms with Crippen molar-refractivity contribution in [2.24, 2.45) is 11.0 Å². The zero-order chi connectivity index (χ0) is 15.5. The van der Waals surface area contributed by atoms with Gasteiger partial charge in [0.15, 0.2) is 0 Å². The smallest absolute Gasteiger partial charge is 0.266 e. The van der Waals surface area contributed by atoms with Gasteiger partial charge in [0.1, 0.15) is 0 Å². The van der Waals surface area contributed by atoms with Crippen LogP contribution >= 0.6 is 27.3 Å². The number of amides is 1. The van der Waals surface area contributed by atoms with E-state index < -0.39 is 0 Å². The van der Waals surface area contributed by atoms with Crippen LogP contribution in [0.2, 0.25) is 0 Å². The summed E-state index contributed by atoms with van der Waals surface area (Å²) < 4.78 is 1.02. The highest BCUT2D eigenvalue weighted by Crippen LogP contribution is 2.32. The average molecular weight is 377 g/mol. The lowest BCUT2D eigenvalue weighted by molar-refractivity contribution is 0.0959. The fourth-order valence-electron chi connectivity index (χ4n) is 2.59. The van der Waals surface area contributed by atoms with Crippen molar-refractivity contribution in [1.29, 1.82) is 0 Å². The summed E-state index contributed by atoms with van der Waals surface area (Å²) in [6, 6.07) is 9.78. The topological polar surface area (TPSA) is 41.5 Å². The summed E-state index contributed by atoms with van der Waals surface area (Å²) >= 11 is 4.99. The molecule has 1 aliphatic rings. The van der Waals surface area contributed by atoms with Crippen LogP contribution in [0, 0.1) is 5.92 Å². The quantitative estimate of drug-likeness (QED) is 0.625. The van der Waals surface area contributed by atoms with Gasteiger partial charge in [0, 0.05) is 9.35 Å². The number of hydrogen-bond donors (Lipinski definition) is 1. The second kappa shape index (κ2) is 6.75. The van der Waals surface area contributed by atoms with Gasteiger partial charge in [0.2, 0.25) is 0 Å². The first-order valence-electron chi connectivity index (χ1n) is 7.32. The number of rotatable bonds is 3. The molecule has 22 heavy (non-hydrogen) atoms. The molecule has 0 aliphatic heterocycles. The van der Waals surface area contributed by atoms with Gasteiger partial charge in [-0.2, -0.15) is 5.10 Å². The van der Waals surface area contributed by atoms with E-state index in [1.54, 1.807) is 17.6 Å². The zero-order valence-electron chi connectivity index (χ0n) is 12.3. The molecule has 2 aromatic rings. The lowest BCUT2D eigenvalue weighted by atomic mass is 9.90. The molecule has 114 valence electrons. The first kappa shape index (κ1) is 15.4.